The Balaban J connectivity index is 2.11. The van der Waals surface area contributed by atoms with Gasteiger partial charge in [0.2, 0.25) is 11.8 Å². The third-order valence-corrected chi connectivity index (χ3v) is 4.25. The van der Waals surface area contributed by atoms with Gasteiger partial charge in [-0.3, -0.25) is 9.59 Å². The van der Waals surface area contributed by atoms with Gasteiger partial charge < -0.3 is 10.6 Å². The maximum atomic E-state index is 12.5. The van der Waals surface area contributed by atoms with Gasteiger partial charge in [-0.15, -0.1) is 0 Å². The van der Waals surface area contributed by atoms with Gasteiger partial charge in [-0.25, -0.2) is 0 Å². The molecule has 0 aromatic heterocycles. The molecular formula is C19H21ClN2O2. The van der Waals surface area contributed by atoms with Crippen molar-refractivity contribution in [1.29, 1.82) is 0 Å². The summed E-state index contributed by atoms with van der Waals surface area (Å²) in [5, 5.41) is 6.09. The molecule has 2 rings (SSSR count). The topological polar surface area (TPSA) is 58.2 Å². The molecule has 4 nitrogen and oxygen atoms in total. The van der Waals surface area contributed by atoms with Crippen LogP contribution in [0, 0.1) is 19.3 Å². The first-order valence-electron chi connectivity index (χ1n) is 7.66. The maximum Gasteiger partial charge on any atom is 0.239 e. The van der Waals surface area contributed by atoms with Crippen LogP contribution >= 0.6 is 11.6 Å². The van der Waals surface area contributed by atoms with Crippen LogP contribution in [0.1, 0.15) is 25.0 Å². The molecule has 2 N–H and O–H groups in total. The zero-order valence-corrected chi connectivity index (χ0v) is 15.0. The normalized spacial score (nSPS) is 11.0. The van der Waals surface area contributed by atoms with E-state index in [1.807, 2.05) is 38.1 Å². The highest BCUT2D eigenvalue weighted by atomic mass is 35.5. The molecule has 0 bridgehead atoms. The number of aryl methyl sites for hydroxylation is 2. The van der Waals surface area contributed by atoms with E-state index < -0.39 is 11.3 Å². The monoisotopic (exact) mass is 344 g/mol. The van der Waals surface area contributed by atoms with E-state index in [2.05, 4.69) is 10.6 Å². The highest BCUT2D eigenvalue weighted by Gasteiger charge is 2.36. The maximum absolute atomic E-state index is 12.5. The van der Waals surface area contributed by atoms with Gasteiger partial charge in [0.25, 0.3) is 0 Å². The molecule has 2 amide bonds. The second-order valence-corrected chi connectivity index (χ2v) is 6.77. The van der Waals surface area contributed by atoms with Crippen molar-refractivity contribution in [3.63, 3.8) is 0 Å². The zero-order chi connectivity index (χ0) is 17.9. The Morgan fingerprint density at radius 3 is 2.04 bits per heavy atom. The fourth-order valence-electron chi connectivity index (χ4n) is 2.07. The Morgan fingerprint density at radius 2 is 1.50 bits per heavy atom. The smallest absolute Gasteiger partial charge is 0.239 e. The molecule has 0 saturated carbocycles. The van der Waals surface area contributed by atoms with Crippen LogP contribution in [0.2, 0.25) is 5.02 Å². The van der Waals surface area contributed by atoms with Crippen molar-refractivity contribution >= 4 is 34.8 Å². The van der Waals surface area contributed by atoms with Gasteiger partial charge in [-0.05, 0) is 63.1 Å². The lowest BCUT2D eigenvalue weighted by atomic mass is 9.90. The lowest BCUT2D eigenvalue weighted by molar-refractivity contribution is -0.135. The van der Waals surface area contributed by atoms with Crippen LogP contribution in [0.15, 0.2) is 42.5 Å². The standard InChI is InChI=1S/C19H21ClN2O2/c1-12-6-5-7-14(10-12)21-17(23)19(3,4)18(24)22-15-9-8-13(2)16(20)11-15/h5-11H,1-4H3,(H,21,23)(H,22,24). The van der Waals surface area contributed by atoms with Crippen molar-refractivity contribution in [2.45, 2.75) is 27.7 Å². The lowest BCUT2D eigenvalue weighted by Gasteiger charge is -2.23. The molecule has 0 atom stereocenters. The first-order valence-corrected chi connectivity index (χ1v) is 8.03. The average molecular weight is 345 g/mol. The van der Waals surface area contributed by atoms with Crippen molar-refractivity contribution < 1.29 is 9.59 Å². The fourth-order valence-corrected chi connectivity index (χ4v) is 2.25. The molecule has 0 unspecified atom stereocenters. The summed E-state index contributed by atoms with van der Waals surface area (Å²) in [5.41, 5.74) is 1.95. The van der Waals surface area contributed by atoms with Crippen LogP contribution in [-0.4, -0.2) is 11.8 Å². The third-order valence-electron chi connectivity index (χ3n) is 3.84. The van der Waals surface area contributed by atoms with Crippen molar-refractivity contribution in [2.75, 3.05) is 10.6 Å². The van der Waals surface area contributed by atoms with Crippen LogP contribution in [0.5, 0.6) is 0 Å². The van der Waals surface area contributed by atoms with Gasteiger partial charge >= 0.3 is 0 Å². The molecular weight excluding hydrogens is 324 g/mol. The summed E-state index contributed by atoms with van der Waals surface area (Å²) in [5.74, 6) is -0.767. The van der Waals surface area contributed by atoms with Gasteiger partial charge in [0.15, 0.2) is 0 Å². The number of anilines is 2. The van der Waals surface area contributed by atoms with Crippen molar-refractivity contribution in [3.05, 3.63) is 58.6 Å². The lowest BCUT2D eigenvalue weighted by Crippen LogP contribution is -2.41. The second-order valence-electron chi connectivity index (χ2n) is 6.37. The molecule has 0 spiro atoms. The largest absolute Gasteiger partial charge is 0.325 e. The van der Waals surface area contributed by atoms with E-state index in [0.29, 0.717) is 16.4 Å². The Bertz CT molecular complexity index is 785. The fraction of sp³-hybridized carbons (Fsp3) is 0.263. The van der Waals surface area contributed by atoms with E-state index in [-0.39, 0.29) is 5.91 Å². The number of hydrogen-bond donors (Lipinski definition) is 2. The summed E-state index contributed by atoms with van der Waals surface area (Å²) in [6, 6.07) is 12.7. The van der Waals surface area contributed by atoms with Gasteiger partial charge in [0, 0.05) is 16.4 Å². The Kier molecular flexibility index (Phi) is 5.30. The number of benzene rings is 2. The number of hydrogen-bond acceptors (Lipinski definition) is 2. The first-order chi connectivity index (χ1) is 11.2. The van der Waals surface area contributed by atoms with Gasteiger partial charge in [0.1, 0.15) is 5.41 Å². The first kappa shape index (κ1) is 18.0. The Labute approximate surface area is 147 Å². The molecule has 0 fully saturated rings. The molecule has 0 heterocycles. The van der Waals surface area contributed by atoms with Crippen molar-refractivity contribution in [2.24, 2.45) is 5.41 Å². The minimum absolute atomic E-state index is 0.371. The number of amides is 2. The summed E-state index contributed by atoms with van der Waals surface area (Å²) in [7, 11) is 0. The summed E-state index contributed by atoms with van der Waals surface area (Å²) in [6.07, 6.45) is 0. The summed E-state index contributed by atoms with van der Waals surface area (Å²) in [4.78, 5) is 25.0. The summed E-state index contributed by atoms with van der Waals surface area (Å²) < 4.78 is 0. The average Bonchev–Trinajstić information content (AvgIpc) is 2.50. The highest BCUT2D eigenvalue weighted by Crippen LogP contribution is 2.24. The van der Waals surface area contributed by atoms with Crippen molar-refractivity contribution in [3.8, 4) is 0 Å². The van der Waals surface area contributed by atoms with E-state index in [1.54, 1.807) is 32.0 Å². The minimum atomic E-state index is -1.24. The molecule has 0 aliphatic heterocycles. The SMILES string of the molecule is Cc1cccc(NC(=O)C(C)(C)C(=O)Nc2ccc(C)c(Cl)c2)c1. The van der Waals surface area contributed by atoms with Crippen LogP contribution in [0.25, 0.3) is 0 Å². The quantitative estimate of drug-likeness (QED) is 0.799. The third kappa shape index (κ3) is 4.15. The van der Waals surface area contributed by atoms with E-state index in [0.717, 1.165) is 11.1 Å². The molecule has 0 aliphatic carbocycles. The number of carbonyl (C=O) groups excluding carboxylic acids is 2. The predicted molar refractivity (Wildman–Crippen MR) is 98.4 cm³/mol. The van der Waals surface area contributed by atoms with E-state index in [1.165, 1.54) is 0 Å². The van der Waals surface area contributed by atoms with Crippen molar-refractivity contribution in [1.82, 2.24) is 0 Å². The Morgan fingerprint density at radius 1 is 0.917 bits per heavy atom. The van der Waals surface area contributed by atoms with E-state index >= 15 is 0 Å². The number of nitrogens with one attached hydrogen (secondary N) is 2. The molecule has 0 saturated heterocycles. The number of carbonyl (C=O) groups is 2. The predicted octanol–water partition coefficient (Wildman–Crippen LogP) is 4.56. The minimum Gasteiger partial charge on any atom is -0.325 e. The Hall–Kier alpha value is -2.33. The van der Waals surface area contributed by atoms with Gasteiger partial charge in [-0.2, -0.15) is 0 Å². The summed E-state index contributed by atoms with van der Waals surface area (Å²) in [6.45, 7) is 6.99. The summed E-state index contributed by atoms with van der Waals surface area (Å²) >= 11 is 6.07. The van der Waals surface area contributed by atoms with Crippen LogP contribution < -0.4 is 10.6 Å². The zero-order valence-electron chi connectivity index (χ0n) is 14.2. The number of halogens is 1. The molecule has 0 aliphatic rings. The van der Waals surface area contributed by atoms with Crippen LogP contribution in [0.3, 0.4) is 0 Å². The molecule has 2 aromatic rings. The highest BCUT2D eigenvalue weighted by molar-refractivity contribution is 6.31. The van der Waals surface area contributed by atoms with E-state index in [9.17, 15) is 9.59 Å². The molecule has 0 radical (unpaired) electrons. The van der Waals surface area contributed by atoms with Gasteiger partial charge in [0.05, 0.1) is 0 Å². The molecule has 24 heavy (non-hydrogen) atoms. The molecule has 126 valence electrons. The number of rotatable bonds is 4. The van der Waals surface area contributed by atoms with Gasteiger partial charge in [-0.1, -0.05) is 29.8 Å². The second kappa shape index (κ2) is 7.05. The molecule has 5 heteroatoms. The molecule has 2 aromatic carbocycles. The van der Waals surface area contributed by atoms with Crippen LogP contribution in [-0.2, 0) is 9.59 Å². The van der Waals surface area contributed by atoms with E-state index in [4.69, 9.17) is 11.6 Å². The van der Waals surface area contributed by atoms with Crippen LogP contribution in [0.4, 0.5) is 11.4 Å².